The van der Waals surface area contributed by atoms with Crippen LogP contribution in [0.15, 0.2) is 29.2 Å². The van der Waals surface area contributed by atoms with Gasteiger partial charge in [0.15, 0.2) is 10.7 Å². The summed E-state index contributed by atoms with van der Waals surface area (Å²) in [5, 5.41) is 8.79. The van der Waals surface area contributed by atoms with Gasteiger partial charge < -0.3 is 5.11 Å². The number of rotatable bonds is 1. The van der Waals surface area contributed by atoms with E-state index in [9.17, 15) is 8.42 Å². The zero-order valence-electron chi connectivity index (χ0n) is 5.02. The molecule has 0 bridgehead atoms. The molecule has 0 saturated carbocycles. The van der Waals surface area contributed by atoms with Crippen molar-refractivity contribution in [1.82, 2.24) is 0 Å². The Morgan fingerprint density at radius 2 is 2.00 bits per heavy atom. The lowest BCUT2D eigenvalue weighted by molar-refractivity contribution is 0.473. The number of phenolic OH excluding ortho intramolecular Hbond substituents is 1. The van der Waals surface area contributed by atoms with Crippen molar-refractivity contribution in [1.29, 1.82) is 0 Å². The average Bonchev–Trinajstić information content (AvgIpc) is 1.88. The summed E-state index contributed by atoms with van der Waals surface area (Å²) in [4.78, 5) is 0.134. The van der Waals surface area contributed by atoms with Gasteiger partial charge in [0.25, 0.3) is 0 Å². The summed E-state index contributed by atoms with van der Waals surface area (Å²) in [6.45, 7) is 0. The molecule has 0 spiro atoms. The van der Waals surface area contributed by atoms with Crippen molar-refractivity contribution in [2.75, 3.05) is 0 Å². The van der Waals surface area contributed by atoms with Gasteiger partial charge >= 0.3 is 0 Å². The summed E-state index contributed by atoms with van der Waals surface area (Å²) in [6, 6.07) is 5.52. The molecule has 0 heterocycles. The summed E-state index contributed by atoms with van der Waals surface area (Å²) >= 11 is 0. The van der Waals surface area contributed by atoms with Crippen LogP contribution in [-0.4, -0.2) is 13.5 Å². The van der Waals surface area contributed by atoms with E-state index in [4.69, 9.17) is 5.11 Å². The first-order valence-electron chi connectivity index (χ1n) is 2.63. The number of phenols is 1. The van der Waals surface area contributed by atoms with Crippen LogP contribution in [0.1, 0.15) is 0 Å². The van der Waals surface area contributed by atoms with Crippen LogP contribution in [-0.2, 0) is 10.7 Å². The molecule has 1 N–H and O–H groups in total. The normalized spacial score (nSPS) is 10.1. The molecule has 0 unspecified atom stereocenters. The Hall–Kier alpha value is -1.03. The number of hydrogen-bond acceptors (Lipinski definition) is 3. The summed E-state index contributed by atoms with van der Waals surface area (Å²) < 4.78 is 20.6. The molecule has 0 fully saturated rings. The predicted octanol–water partition coefficient (Wildman–Crippen LogP) is 0.363. The summed E-state index contributed by atoms with van der Waals surface area (Å²) in [7, 11) is -2.57. The second-order valence-corrected chi connectivity index (χ2v) is 2.81. The molecule has 3 nitrogen and oxygen atoms in total. The maximum absolute atomic E-state index is 10.3. The highest BCUT2D eigenvalue weighted by molar-refractivity contribution is 7.72. The molecular weight excluding hydrogens is 152 g/mol. The van der Waals surface area contributed by atoms with Crippen molar-refractivity contribution in [3.05, 3.63) is 24.3 Å². The van der Waals surface area contributed by atoms with E-state index < -0.39 is 10.7 Å². The lowest BCUT2D eigenvalue weighted by Crippen LogP contribution is -1.77. The molecule has 4 heteroatoms. The highest BCUT2D eigenvalue weighted by Crippen LogP contribution is 2.10. The largest absolute Gasteiger partial charge is 0.508 e. The van der Waals surface area contributed by atoms with Gasteiger partial charge in [-0.3, -0.25) is 0 Å². The zero-order chi connectivity index (χ0) is 7.56. The fourth-order valence-electron chi connectivity index (χ4n) is 0.607. The van der Waals surface area contributed by atoms with E-state index in [2.05, 4.69) is 0 Å². The van der Waals surface area contributed by atoms with Gasteiger partial charge in [-0.15, -0.1) is 0 Å². The fourth-order valence-corrected chi connectivity index (χ4v) is 1.05. The standard InChI is InChI=1S/C6H6O3S/c7-5-2-1-3-6(4-5)10(8)9/h1-4,7,10H. The van der Waals surface area contributed by atoms with Gasteiger partial charge in [0.1, 0.15) is 5.75 Å². The van der Waals surface area contributed by atoms with E-state index in [1.807, 2.05) is 0 Å². The minimum absolute atomic E-state index is 0.0308. The van der Waals surface area contributed by atoms with Gasteiger partial charge in [0, 0.05) is 0 Å². The van der Waals surface area contributed by atoms with Crippen LogP contribution < -0.4 is 0 Å². The highest BCUT2D eigenvalue weighted by atomic mass is 32.2. The van der Waals surface area contributed by atoms with Crippen LogP contribution in [0.3, 0.4) is 0 Å². The van der Waals surface area contributed by atoms with Crippen LogP contribution in [0, 0.1) is 0 Å². The Balaban J connectivity index is 3.19. The second-order valence-electron chi connectivity index (χ2n) is 1.78. The number of thiol groups is 1. The molecule has 0 aromatic heterocycles. The Labute approximate surface area is 59.9 Å². The van der Waals surface area contributed by atoms with Gasteiger partial charge in [-0.1, -0.05) is 6.07 Å². The van der Waals surface area contributed by atoms with Crippen LogP contribution >= 0.6 is 0 Å². The Bertz CT molecular complexity index is 296. The second kappa shape index (κ2) is 2.70. The van der Waals surface area contributed by atoms with E-state index in [0.717, 1.165) is 0 Å². The molecule has 10 heavy (non-hydrogen) atoms. The minimum Gasteiger partial charge on any atom is -0.508 e. The quantitative estimate of drug-likeness (QED) is 0.580. The first-order chi connectivity index (χ1) is 4.70. The van der Waals surface area contributed by atoms with E-state index in [1.54, 1.807) is 0 Å². The van der Waals surface area contributed by atoms with Crippen molar-refractivity contribution >= 4 is 10.7 Å². The van der Waals surface area contributed by atoms with Gasteiger partial charge in [-0.05, 0) is 18.2 Å². The monoisotopic (exact) mass is 158 g/mol. The number of benzene rings is 1. The van der Waals surface area contributed by atoms with Crippen LogP contribution in [0.5, 0.6) is 5.75 Å². The molecule has 54 valence electrons. The lowest BCUT2D eigenvalue weighted by atomic mass is 10.3. The van der Waals surface area contributed by atoms with Gasteiger partial charge in [0.05, 0.1) is 4.90 Å². The molecule has 0 aliphatic rings. The van der Waals surface area contributed by atoms with E-state index in [-0.39, 0.29) is 10.6 Å². The Kier molecular flexibility index (Phi) is 1.91. The Morgan fingerprint density at radius 1 is 1.30 bits per heavy atom. The van der Waals surface area contributed by atoms with E-state index >= 15 is 0 Å². The maximum atomic E-state index is 10.3. The van der Waals surface area contributed by atoms with Crippen molar-refractivity contribution in [3.8, 4) is 5.75 Å². The van der Waals surface area contributed by atoms with Gasteiger partial charge in [-0.2, -0.15) is 0 Å². The third kappa shape index (κ3) is 1.48. The summed E-state index contributed by atoms with van der Waals surface area (Å²) in [5.74, 6) is -0.0308. The molecular formula is C6H6O3S. The molecule has 1 aromatic carbocycles. The van der Waals surface area contributed by atoms with Crippen molar-refractivity contribution in [2.45, 2.75) is 4.90 Å². The van der Waals surface area contributed by atoms with Crippen molar-refractivity contribution in [2.24, 2.45) is 0 Å². The van der Waals surface area contributed by atoms with Crippen molar-refractivity contribution in [3.63, 3.8) is 0 Å². The Morgan fingerprint density at radius 3 is 2.40 bits per heavy atom. The number of hydrogen-bond donors (Lipinski definition) is 2. The number of aromatic hydroxyl groups is 1. The molecule has 1 aromatic rings. The van der Waals surface area contributed by atoms with Crippen LogP contribution in [0.25, 0.3) is 0 Å². The highest BCUT2D eigenvalue weighted by Gasteiger charge is 1.93. The van der Waals surface area contributed by atoms with Crippen LogP contribution in [0.2, 0.25) is 0 Å². The first-order valence-corrected chi connectivity index (χ1v) is 3.81. The maximum Gasteiger partial charge on any atom is 0.168 e. The molecule has 0 atom stereocenters. The molecule has 0 amide bonds. The van der Waals surface area contributed by atoms with E-state index in [0.29, 0.717) is 0 Å². The van der Waals surface area contributed by atoms with E-state index in [1.165, 1.54) is 24.3 Å². The SMILES string of the molecule is O=[SH](=O)c1cccc(O)c1. The van der Waals surface area contributed by atoms with Crippen molar-refractivity contribution < 1.29 is 13.5 Å². The molecule has 0 aliphatic heterocycles. The summed E-state index contributed by atoms with van der Waals surface area (Å²) in [5.41, 5.74) is 0. The minimum atomic E-state index is -2.57. The predicted molar refractivity (Wildman–Crippen MR) is 36.7 cm³/mol. The first kappa shape index (κ1) is 7.08. The topological polar surface area (TPSA) is 54.4 Å². The smallest absolute Gasteiger partial charge is 0.168 e. The van der Waals surface area contributed by atoms with Gasteiger partial charge in [0.2, 0.25) is 0 Å². The average molecular weight is 158 g/mol. The fraction of sp³-hybridized carbons (Fsp3) is 0. The molecule has 1 rings (SSSR count). The van der Waals surface area contributed by atoms with Gasteiger partial charge in [-0.25, -0.2) is 8.42 Å². The third-order valence-electron chi connectivity index (χ3n) is 1.04. The molecule has 0 saturated heterocycles. The molecule has 0 radical (unpaired) electrons. The lowest BCUT2D eigenvalue weighted by Gasteiger charge is -1.90. The summed E-state index contributed by atoms with van der Waals surface area (Å²) in [6.07, 6.45) is 0. The molecule has 0 aliphatic carbocycles. The zero-order valence-corrected chi connectivity index (χ0v) is 5.91. The van der Waals surface area contributed by atoms with Crippen LogP contribution in [0.4, 0.5) is 0 Å². The third-order valence-corrected chi connectivity index (χ3v) is 1.74.